The lowest BCUT2D eigenvalue weighted by Gasteiger charge is -2.31. The Hall–Kier alpha value is -1.55. The molecule has 1 atom stereocenters. The van der Waals surface area contributed by atoms with E-state index in [0.29, 0.717) is 23.9 Å². The van der Waals surface area contributed by atoms with Crippen LogP contribution in [0.25, 0.3) is 0 Å². The summed E-state index contributed by atoms with van der Waals surface area (Å²) in [5, 5.41) is 0. The van der Waals surface area contributed by atoms with Gasteiger partial charge in [-0.25, -0.2) is 4.79 Å². The second-order valence-corrected chi connectivity index (χ2v) is 4.82. The highest BCUT2D eigenvalue weighted by Crippen LogP contribution is 2.17. The van der Waals surface area contributed by atoms with Crippen LogP contribution in [0.3, 0.4) is 0 Å². The minimum absolute atomic E-state index is 0.327. The maximum Gasteiger partial charge on any atom is 0.340 e. The standard InChI is InChI=1S/C14H20N2O2/c1-16-9-5-4-6-11(16)10-18-14(17)12-7-2-3-8-13(12)15/h2-3,7-8,11H,4-6,9-10,15H2,1H3. The van der Waals surface area contributed by atoms with Crippen LogP contribution in [0.15, 0.2) is 24.3 Å². The maximum absolute atomic E-state index is 11.9. The summed E-state index contributed by atoms with van der Waals surface area (Å²) in [6.07, 6.45) is 3.53. The molecule has 0 radical (unpaired) electrons. The van der Waals surface area contributed by atoms with E-state index in [1.165, 1.54) is 12.8 Å². The molecular weight excluding hydrogens is 228 g/mol. The molecule has 0 amide bonds. The number of likely N-dealkylation sites (tertiary alicyclic amines) is 1. The predicted octanol–water partition coefficient (Wildman–Crippen LogP) is 1.91. The Labute approximate surface area is 108 Å². The molecule has 1 heterocycles. The Morgan fingerprint density at radius 2 is 2.22 bits per heavy atom. The molecule has 1 unspecified atom stereocenters. The first-order chi connectivity index (χ1) is 8.68. The van der Waals surface area contributed by atoms with Crippen molar-refractivity contribution >= 4 is 11.7 Å². The lowest BCUT2D eigenvalue weighted by molar-refractivity contribution is 0.0329. The third-order valence-electron chi connectivity index (χ3n) is 3.51. The molecule has 2 rings (SSSR count). The van der Waals surface area contributed by atoms with Gasteiger partial charge in [0.2, 0.25) is 0 Å². The fourth-order valence-corrected chi connectivity index (χ4v) is 2.29. The molecule has 18 heavy (non-hydrogen) atoms. The van der Waals surface area contributed by atoms with Crippen LogP contribution in [0.1, 0.15) is 29.6 Å². The molecule has 0 aromatic heterocycles. The van der Waals surface area contributed by atoms with Crippen LogP contribution in [0.4, 0.5) is 5.69 Å². The second kappa shape index (κ2) is 5.87. The molecule has 98 valence electrons. The van der Waals surface area contributed by atoms with Crippen LogP contribution < -0.4 is 5.73 Å². The number of hydrogen-bond donors (Lipinski definition) is 1. The molecule has 0 bridgehead atoms. The molecule has 1 aromatic carbocycles. The number of benzene rings is 1. The highest BCUT2D eigenvalue weighted by atomic mass is 16.5. The normalized spacial score (nSPS) is 20.6. The first kappa shape index (κ1) is 12.9. The number of nitrogens with zero attached hydrogens (tertiary/aromatic N) is 1. The van der Waals surface area contributed by atoms with Crippen LogP contribution in [0, 0.1) is 0 Å². The molecular formula is C14H20N2O2. The highest BCUT2D eigenvalue weighted by Gasteiger charge is 2.21. The number of carbonyl (C=O) groups is 1. The average molecular weight is 248 g/mol. The summed E-state index contributed by atoms with van der Waals surface area (Å²) in [6, 6.07) is 7.35. The number of ether oxygens (including phenoxy) is 1. The topological polar surface area (TPSA) is 55.6 Å². The van der Waals surface area contributed by atoms with Gasteiger partial charge < -0.3 is 15.4 Å². The number of piperidine rings is 1. The summed E-state index contributed by atoms with van der Waals surface area (Å²) < 4.78 is 5.36. The monoisotopic (exact) mass is 248 g/mol. The van der Waals surface area contributed by atoms with Crippen molar-refractivity contribution in [2.24, 2.45) is 0 Å². The van der Waals surface area contributed by atoms with Gasteiger partial charge in [0.05, 0.1) is 5.56 Å². The molecule has 1 saturated heterocycles. The van der Waals surface area contributed by atoms with E-state index in [-0.39, 0.29) is 5.97 Å². The Morgan fingerprint density at radius 1 is 1.44 bits per heavy atom. The minimum atomic E-state index is -0.327. The van der Waals surface area contributed by atoms with E-state index in [0.717, 1.165) is 13.0 Å². The van der Waals surface area contributed by atoms with E-state index >= 15 is 0 Å². The molecule has 1 aliphatic rings. The zero-order valence-electron chi connectivity index (χ0n) is 10.8. The number of likely N-dealkylation sites (N-methyl/N-ethyl adjacent to an activating group) is 1. The zero-order chi connectivity index (χ0) is 13.0. The van der Waals surface area contributed by atoms with Crippen molar-refractivity contribution in [1.29, 1.82) is 0 Å². The number of para-hydroxylation sites is 1. The highest BCUT2D eigenvalue weighted by molar-refractivity contribution is 5.94. The summed E-state index contributed by atoms with van der Waals surface area (Å²) >= 11 is 0. The molecule has 4 heteroatoms. The first-order valence-corrected chi connectivity index (χ1v) is 6.40. The van der Waals surface area contributed by atoms with Gasteiger partial charge in [-0.1, -0.05) is 18.6 Å². The van der Waals surface area contributed by atoms with Crippen LogP contribution in [0.5, 0.6) is 0 Å². The Balaban J connectivity index is 1.90. The Bertz CT molecular complexity index is 420. The van der Waals surface area contributed by atoms with Gasteiger partial charge >= 0.3 is 5.97 Å². The van der Waals surface area contributed by atoms with Gasteiger partial charge in [0.1, 0.15) is 6.61 Å². The summed E-state index contributed by atoms with van der Waals surface area (Å²) in [4.78, 5) is 14.1. The van der Waals surface area contributed by atoms with Crippen molar-refractivity contribution in [1.82, 2.24) is 4.90 Å². The maximum atomic E-state index is 11.9. The molecule has 4 nitrogen and oxygen atoms in total. The third-order valence-corrected chi connectivity index (χ3v) is 3.51. The van der Waals surface area contributed by atoms with Crippen molar-refractivity contribution in [3.63, 3.8) is 0 Å². The number of hydrogen-bond acceptors (Lipinski definition) is 4. The summed E-state index contributed by atoms with van der Waals surface area (Å²) in [7, 11) is 2.08. The van der Waals surface area contributed by atoms with E-state index in [1.807, 2.05) is 0 Å². The number of esters is 1. The Kier molecular flexibility index (Phi) is 4.20. The summed E-state index contributed by atoms with van der Waals surface area (Å²) in [5.41, 5.74) is 6.67. The second-order valence-electron chi connectivity index (χ2n) is 4.82. The average Bonchev–Trinajstić information content (AvgIpc) is 2.38. The molecule has 2 N–H and O–H groups in total. The quantitative estimate of drug-likeness (QED) is 0.656. The number of carbonyl (C=O) groups excluding carboxylic acids is 1. The number of nitrogens with two attached hydrogens (primary N) is 1. The third kappa shape index (κ3) is 3.01. The van der Waals surface area contributed by atoms with Crippen molar-refractivity contribution in [2.75, 3.05) is 25.9 Å². The van der Waals surface area contributed by atoms with Crippen molar-refractivity contribution in [2.45, 2.75) is 25.3 Å². The zero-order valence-corrected chi connectivity index (χ0v) is 10.8. The van der Waals surface area contributed by atoms with Gasteiger partial charge in [-0.3, -0.25) is 0 Å². The number of anilines is 1. The summed E-state index contributed by atoms with van der Waals surface area (Å²) in [6.45, 7) is 1.53. The lowest BCUT2D eigenvalue weighted by atomic mass is 10.0. The van der Waals surface area contributed by atoms with E-state index in [1.54, 1.807) is 24.3 Å². The number of rotatable bonds is 3. The van der Waals surface area contributed by atoms with Gasteiger partial charge in [0.15, 0.2) is 0 Å². The minimum Gasteiger partial charge on any atom is -0.460 e. The number of nitrogen functional groups attached to an aromatic ring is 1. The van der Waals surface area contributed by atoms with Crippen LogP contribution >= 0.6 is 0 Å². The van der Waals surface area contributed by atoms with Gasteiger partial charge in [-0.05, 0) is 38.6 Å². The van der Waals surface area contributed by atoms with Gasteiger partial charge in [0, 0.05) is 11.7 Å². The van der Waals surface area contributed by atoms with E-state index in [2.05, 4.69) is 11.9 Å². The van der Waals surface area contributed by atoms with Crippen molar-refractivity contribution < 1.29 is 9.53 Å². The fraction of sp³-hybridized carbons (Fsp3) is 0.500. The van der Waals surface area contributed by atoms with E-state index in [4.69, 9.17) is 10.5 Å². The molecule has 0 aliphatic carbocycles. The smallest absolute Gasteiger partial charge is 0.340 e. The fourth-order valence-electron chi connectivity index (χ4n) is 2.29. The van der Waals surface area contributed by atoms with Crippen LogP contribution in [-0.4, -0.2) is 37.1 Å². The van der Waals surface area contributed by atoms with Crippen molar-refractivity contribution in [3.8, 4) is 0 Å². The Morgan fingerprint density at radius 3 is 2.94 bits per heavy atom. The van der Waals surface area contributed by atoms with Gasteiger partial charge in [-0.15, -0.1) is 0 Å². The molecule has 0 spiro atoms. The van der Waals surface area contributed by atoms with Gasteiger partial charge in [0.25, 0.3) is 0 Å². The molecule has 0 saturated carbocycles. The molecule has 1 aliphatic heterocycles. The van der Waals surface area contributed by atoms with Crippen LogP contribution in [-0.2, 0) is 4.74 Å². The largest absolute Gasteiger partial charge is 0.460 e. The van der Waals surface area contributed by atoms with Gasteiger partial charge in [-0.2, -0.15) is 0 Å². The van der Waals surface area contributed by atoms with E-state index in [9.17, 15) is 4.79 Å². The lowest BCUT2D eigenvalue weighted by Crippen LogP contribution is -2.39. The van der Waals surface area contributed by atoms with Crippen molar-refractivity contribution in [3.05, 3.63) is 29.8 Å². The first-order valence-electron chi connectivity index (χ1n) is 6.40. The predicted molar refractivity (Wildman–Crippen MR) is 71.4 cm³/mol. The summed E-state index contributed by atoms with van der Waals surface area (Å²) in [5.74, 6) is -0.327. The SMILES string of the molecule is CN1CCCCC1COC(=O)c1ccccc1N. The molecule has 1 fully saturated rings. The molecule has 1 aromatic rings. The van der Waals surface area contributed by atoms with Crippen LogP contribution in [0.2, 0.25) is 0 Å². The van der Waals surface area contributed by atoms with E-state index < -0.39 is 0 Å².